The van der Waals surface area contributed by atoms with Gasteiger partial charge in [0.1, 0.15) is 0 Å². The van der Waals surface area contributed by atoms with Crippen molar-refractivity contribution in [2.75, 3.05) is 25.1 Å². The molecule has 0 aliphatic carbocycles. The summed E-state index contributed by atoms with van der Waals surface area (Å²) in [5, 5.41) is 4.26. The van der Waals surface area contributed by atoms with Crippen molar-refractivity contribution in [1.29, 1.82) is 0 Å². The van der Waals surface area contributed by atoms with Gasteiger partial charge >= 0.3 is 0 Å². The third kappa shape index (κ3) is 4.63. The highest BCUT2D eigenvalue weighted by molar-refractivity contribution is 7.80. The Morgan fingerprint density at radius 1 is 0.962 bits per heavy atom. The lowest BCUT2D eigenvalue weighted by Gasteiger charge is -2.37. The first kappa shape index (κ1) is 18.9. The fraction of sp³-hybridized carbons (Fsp3) is 0.409. The summed E-state index contributed by atoms with van der Waals surface area (Å²) in [6.45, 7) is 12.6. The number of hydrogen-bond donors (Lipinski definition) is 1. The van der Waals surface area contributed by atoms with Gasteiger partial charge in [-0.2, -0.15) is 0 Å². The van der Waals surface area contributed by atoms with Gasteiger partial charge in [-0.3, -0.25) is 4.90 Å². The van der Waals surface area contributed by atoms with E-state index in [1.54, 1.807) is 0 Å². The van der Waals surface area contributed by atoms with Crippen LogP contribution in [-0.2, 0) is 6.54 Å². The Kier molecular flexibility index (Phi) is 5.94. The molecule has 3 nitrogen and oxygen atoms in total. The molecule has 138 valence electrons. The molecule has 26 heavy (non-hydrogen) atoms. The lowest BCUT2D eigenvalue weighted by molar-refractivity contribution is 0.133. The van der Waals surface area contributed by atoms with Gasteiger partial charge in [0.15, 0.2) is 5.11 Å². The van der Waals surface area contributed by atoms with Crippen LogP contribution in [0.2, 0.25) is 0 Å². The third-order valence-corrected chi connectivity index (χ3v) is 5.44. The summed E-state index contributed by atoms with van der Waals surface area (Å²) < 4.78 is 0. The second-order valence-corrected chi connectivity index (χ2v) is 7.88. The average Bonchev–Trinajstić information content (AvgIpc) is 2.61. The molecule has 2 aromatic carbocycles. The first-order chi connectivity index (χ1) is 12.4. The molecule has 4 heteroatoms. The monoisotopic (exact) mass is 367 g/mol. The maximum absolute atomic E-state index is 5.70. The van der Waals surface area contributed by atoms with Crippen molar-refractivity contribution in [3.63, 3.8) is 0 Å². The van der Waals surface area contributed by atoms with E-state index in [1.165, 1.54) is 27.8 Å². The normalized spacial score (nSPS) is 15.2. The zero-order valence-corrected chi connectivity index (χ0v) is 17.1. The van der Waals surface area contributed by atoms with Crippen molar-refractivity contribution in [2.24, 2.45) is 0 Å². The number of anilines is 1. The summed E-state index contributed by atoms with van der Waals surface area (Å²) in [5.74, 6) is 0. The molecule has 0 spiro atoms. The quantitative estimate of drug-likeness (QED) is 0.787. The second-order valence-electron chi connectivity index (χ2n) is 7.49. The highest BCUT2D eigenvalue weighted by atomic mass is 32.1. The molecule has 1 saturated heterocycles. The van der Waals surface area contributed by atoms with Crippen molar-refractivity contribution in [3.8, 4) is 0 Å². The summed E-state index contributed by atoms with van der Waals surface area (Å²) in [4.78, 5) is 4.77. The molecular formula is C22H29N3S. The Hall–Kier alpha value is -1.91. The first-order valence-corrected chi connectivity index (χ1v) is 9.75. The van der Waals surface area contributed by atoms with Crippen molar-refractivity contribution < 1.29 is 0 Å². The molecule has 0 saturated carbocycles. The maximum atomic E-state index is 5.70. The second kappa shape index (κ2) is 8.19. The minimum Gasteiger partial charge on any atom is -0.336 e. The van der Waals surface area contributed by atoms with Gasteiger partial charge in [0.2, 0.25) is 0 Å². The Bertz CT molecular complexity index is 800. The van der Waals surface area contributed by atoms with Gasteiger partial charge in [0.05, 0.1) is 6.67 Å². The van der Waals surface area contributed by atoms with Crippen LogP contribution in [0.15, 0.2) is 36.4 Å². The van der Waals surface area contributed by atoms with Crippen LogP contribution in [0.1, 0.15) is 34.2 Å². The van der Waals surface area contributed by atoms with Gasteiger partial charge in [0.25, 0.3) is 0 Å². The van der Waals surface area contributed by atoms with Crippen LogP contribution in [0.5, 0.6) is 0 Å². The zero-order valence-electron chi connectivity index (χ0n) is 16.3. The van der Waals surface area contributed by atoms with Gasteiger partial charge in [-0.1, -0.05) is 41.5 Å². The molecule has 1 aliphatic heterocycles. The fourth-order valence-electron chi connectivity index (χ4n) is 3.52. The van der Waals surface area contributed by atoms with Crippen molar-refractivity contribution in [2.45, 2.75) is 40.7 Å². The lowest BCUT2D eigenvalue weighted by atomic mass is 10.0. The zero-order chi connectivity index (χ0) is 18.7. The SMILES string of the molecule is Cc1ccc(NC(=S)N2CCCN(Cc3cc(C)ccc3C)C2)c(C)c1. The van der Waals surface area contributed by atoms with Gasteiger partial charge in [-0.05, 0) is 69.1 Å². The van der Waals surface area contributed by atoms with E-state index in [0.29, 0.717) is 0 Å². The Morgan fingerprint density at radius 3 is 2.46 bits per heavy atom. The van der Waals surface area contributed by atoms with Crippen LogP contribution in [0, 0.1) is 27.7 Å². The van der Waals surface area contributed by atoms with E-state index in [2.05, 4.69) is 79.2 Å². The van der Waals surface area contributed by atoms with Gasteiger partial charge in [-0.25, -0.2) is 0 Å². The standard InChI is InChI=1S/C22H29N3S/c1-16-7-9-21(19(4)12-16)23-22(26)25-11-5-10-24(15-25)14-20-13-17(2)6-8-18(20)3/h6-9,12-13H,5,10-11,14-15H2,1-4H3,(H,23,26). The van der Waals surface area contributed by atoms with E-state index in [9.17, 15) is 0 Å². The van der Waals surface area contributed by atoms with E-state index in [1.807, 2.05) is 0 Å². The Morgan fingerprint density at radius 2 is 1.69 bits per heavy atom. The summed E-state index contributed by atoms with van der Waals surface area (Å²) in [6.07, 6.45) is 1.14. The van der Waals surface area contributed by atoms with E-state index in [-0.39, 0.29) is 0 Å². The minimum absolute atomic E-state index is 0.822. The molecular weight excluding hydrogens is 338 g/mol. The highest BCUT2D eigenvalue weighted by Gasteiger charge is 2.20. The number of aryl methyl sites for hydroxylation is 4. The van der Waals surface area contributed by atoms with Gasteiger partial charge in [-0.15, -0.1) is 0 Å². The number of thiocarbonyl (C=S) groups is 1. The number of rotatable bonds is 3. The van der Waals surface area contributed by atoms with Crippen molar-refractivity contribution in [3.05, 3.63) is 64.2 Å². The molecule has 3 rings (SSSR count). The van der Waals surface area contributed by atoms with E-state index in [4.69, 9.17) is 12.2 Å². The predicted octanol–water partition coefficient (Wildman–Crippen LogP) is 4.78. The molecule has 1 N–H and O–H groups in total. The molecule has 0 amide bonds. The van der Waals surface area contributed by atoms with Gasteiger partial charge in [0, 0.05) is 25.3 Å². The Labute approximate surface area is 163 Å². The molecule has 1 heterocycles. The molecule has 2 aromatic rings. The van der Waals surface area contributed by atoms with Crippen LogP contribution in [0.3, 0.4) is 0 Å². The molecule has 0 atom stereocenters. The lowest BCUT2D eigenvalue weighted by Crippen LogP contribution is -2.48. The van der Waals surface area contributed by atoms with Crippen molar-refractivity contribution in [1.82, 2.24) is 9.80 Å². The number of hydrogen-bond acceptors (Lipinski definition) is 2. The molecule has 0 bridgehead atoms. The first-order valence-electron chi connectivity index (χ1n) is 9.34. The fourth-order valence-corrected chi connectivity index (χ4v) is 3.78. The van der Waals surface area contributed by atoms with E-state index >= 15 is 0 Å². The molecule has 1 aliphatic rings. The van der Waals surface area contributed by atoms with E-state index < -0.39 is 0 Å². The minimum atomic E-state index is 0.822. The van der Waals surface area contributed by atoms with Crippen LogP contribution >= 0.6 is 12.2 Å². The highest BCUT2D eigenvalue weighted by Crippen LogP contribution is 2.19. The smallest absolute Gasteiger partial charge is 0.174 e. The van der Waals surface area contributed by atoms with Crippen LogP contribution < -0.4 is 5.32 Å². The molecule has 1 fully saturated rings. The van der Waals surface area contributed by atoms with Crippen LogP contribution in [-0.4, -0.2) is 34.7 Å². The maximum Gasteiger partial charge on any atom is 0.174 e. The topological polar surface area (TPSA) is 18.5 Å². The summed E-state index contributed by atoms with van der Waals surface area (Å²) in [5.41, 5.74) is 7.72. The van der Waals surface area contributed by atoms with Gasteiger partial charge < -0.3 is 10.2 Å². The summed E-state index contributed by atoms with van der Waals surface area (Å²) in [6, 6.07) is 13.1. The predicted molar refractivity (Wildman–Crippen MR) is 115 cm³/mol. The van der Waals surface area contributed by atoms with Crippen LogP contribution in [0.25, 0.3) is 0 Å². The third-order valence-electron chi connectivity index (χ3n) is 5.08. The summed E-state index contributed by atoms with van der Waals surface area (Å²) >= 11 is 5.70. The summed E-state index contributed by atoms with van der Waals surface area (Å²) in [7, 11) is 0. The average molecular weight is 368 g/mol. The molecule has 0 unspecified atom stereocenters. The molecule has 0 radical (unpaired) electrons. The largest absolute Gasteiger partial charge is 0.336 e. The van der Waals surface area contributed by atoms with E-state index in [0.717, 1.165) is 43.5 Å². The number of benzene rings is 2. The molecule has 0 aromatic heterocycles. The Balaban J connectivity index is 1.64. The van der Waals surface area contributed by atoms with Crippen LogP contribution in [0.4, 0.5) is 5.69 Å². The van der Waals surface area contributed by atoms with Crippen molar-refractivity contribution >= 4 is 23.0 Å². The number of nitrogens with one attached hydrogen (secondary N) is 1. The number of nitrogens with zero attached hydrogens (tertiary/aromatic N) is 2.